The van der Waals surface area contributed by atoms with Crippen LogP contribution in [0, 0.1) is 5.41 Å². The van der Waals surface area contributed by atoms with Gasteiger partial charge in [0.2, 0.25) is 5.91 Å². The van der Waals surface area contributed by atoms with Crippen molar-refractivity contribution in [2.75, 3.05) is 27.2 Å². The normalized spacial score (nSPS) is 20.1. The second kappa shape index (κ2) is 6.37. The highest BCUT2D eigenvalue weighted by Gasteiger charge is 2.33. The number of carbonyl (C=O) groups is 2. The van der Waals surface area contributed by atoms with Crippen LogP contribution in [0.3, 0.4) is 0 Å². The molecule has 0 aromatic rings. The average Bonchev–Trinajstić information content (AvgIpc) is 2.61. The predicted molar refractivity (Wildman–Crippen MR) is 73.9 cm³/mol. The molecule has 5 nitrogen and oxygen atoms in total. The zero-order valence-corrected chi connectivity index (χ0v) is 12.5. The van der Waals surface area contributed by atoms with Crippen molar-refractivity contribution in [3.63, 3.8) is 0 Å². The number of carbonyl (C=O) groups excluding carboxylic acids is 1. The molecule has 0 aromatic carbocycles. The Bertz CT molecular complexity index is 340. The lowest BCUT2D eigenvalue weighted by Gasteiger charge is -2.30. The number of aliphatic carboxylic acids is 1. The van der Waals surface area contributed by atoms with E-state index < -0.39 is 11.4 Å². The van der Waals surface area contributed by atoms with Gasteiger partial charge in [-0.3, -0.25) is 9.59 Å². The molecule has 1 rings (SSSR count). The Morgan fingerprint density at radius 3 is 2.47 bits per heavy atom. The van der Waals surface area contributed by atoms with Gasteiger partial charge in [0, 0.05) is 25.6 Å². The Kier molecular flexibility index (Phi) is 5.35. The molecule has 1 N–H and O–H groups in total. The van der Waals surface area contributed by atoms with Gasteiger partial charge in [-0.15, -0.1) is 0 Å². The average molecular weight is 270 g/mol. The SMILES string of the molecule is CN(C)CC1CCCN1C(=O)CC(C)(C)CC(=O)O. The molecule has 1 saturated heterocycles. The molecule has 1 unspecified atom stereocenters. The van der Waals surface area contributed by atoms with Crippen molar-refractivity contribution in [1.82, 2.24) is 9.80 Å². The van der Waals surface area contributed by atoms with Gasteiger partial charge in [0.15, 0.2) is 0 Å². The van der Waals surface area contributed by atoms with E-state index in [9.17, 15) is 9.59 Å². The first kappa shape index (κ1) is 16.0. The van der Waals surface area contributed by atoms with Crippen molar-refractivity contribution >= 4 is 11.9 Å². The lowest BCUT2D eigenvalue weighted by molar-refractivity contribution is -0.141. The largest absolute Gasteiger partial charge is 0.481 e. The molecule has 1 aliphatic heterocycles. The van der Waals surface area contributed by atoms with Crippen LogP contribution in [0.2, 0.25) is 0 Å². The molecule has 110 valence electrons. The smallest absolute Gasteiger partial charge is 0.303 e. The molecule has 0 bridgehead atoms. The number of hydrogen-bond donors (Lipinski definition) is 1. The third-order valence-electron chi connectivity index (χ3n) is 3.53. The molecular weight excluding hydrogens is 244 g/mol. The van der Waals surface area contributed by atoms with Crippen LogP contribution in [0.25, 0.3) is 0 Å². The number of likely N-dealkylation sites (N-methyl/N-ethyl adjacent to an activating group) is 1. The van der Waals surface area contributed by atoms with Crippen LogP contribution in [-0.2, 0) is 9.59 Å². The maximum atomic E-state index is 12.3. The van der Waals surface area contributed by atoms with Gasteiger partial charge in [-0.1, -0.05) is 13.8 Å². The van der Waals surface area contributed by atoms with Crippen LogP contribution in [0.5, 0.6) is 0 Å². The predicted octanol–water partition coefficient (Wildman–Crippen LogP) is 1.43. The van der Waals surface area contributed by atoms with E-state index in [0.29, 0.717) is 6.42 Å². The Balaban J connectivity index is 2.59. The second-order valence-corrected chi connectivity index (χ2v) is 6.56. The van der Waals surface area contributed by atoms with Gasteiger partial charge >= 0.3 is 5.97 Å². The zero-order chi connectivity index (χ0) is 14.6. The summed E-state index contributed by atoms with van der Waals surface area (Å²) in [6, 6.07) is 0.281. The van der Waals surface area contributed by atoms with Crippen LogP contribution in [0.15, 0.2) is 0 Å². The molecule has 5 heteroatoms. The van der Waals surface area contributed by atoms with Crippen LogP contribution >= 0.6 is 0 Å². The van der Waals surface area contributed by atoms with Gasteiger partial charge in [-0.25, -0.2) is 0 Å². The van der Waals surface area contributed by atoms with Crippen LogP contribution in [-0.4, -0.2) is 60.0 Å². The van der Waals surface area contributed by atoms with Crippen LogP contribution in [0.4, 0.5) is 0 Å². The third kappa shape index (κ3) is 5.19. The molecule has 1 atom stereocenters. The monoisotopic (exact) mass is 270 g/mol. The molecule has 0 spiro atoms. The topological polar surface area (TPSA) is 60.9 Å². The molecule has 1 heterocycles. The van der Waals surface area contributed by atoms with E-state index in [1.165, 1.54) is 0 Å². The highest BCUT2D eigenvalue weighted by Crippen LogP contribution is 2.28. The van der Waals surface area contributed by atoms with Crippen molar-refractivity contribution in [2.45, 2.75) is 45.6 Å². The third-order valence-corrected chi connectivity index (χ3v) is 3.53. The fraction of sp³-hybridized carbons (Fsp3) is 0.857. The fourth-order valence-electron chi connectivity index (χ4n) is 2.76. The summed E-state index contributed by atoms with van der Waals surface area (Å²) in [6.07, 6.45) is 2.43. The Morgan fingerprint density at radius 1 is 1.32 bits per heavy atom. The molecule has 0 aliphatic carbocycles. The summed E-state index contributed by atoms with van der Waals surface area (Å²) < 4.78 is 0. The van der Waals surface area contributed by atoms with Crippen molar-refractivity contribution in [3.05, 3.63) is 0 Å². The van der Waals surface area contributed by atoms with Crippen molar-refractivity contribution in [2.24, 2.45) is 5.41 Å². The minimum Gasteiger partial charge on any atom is -0.481 e. The summed E-state index contributed by atoms with van der Waals surface area (Å²) in [5.74, 6) is -0.750. The van der Waals surface area contributed by atoms with Gasteiger partial charge in [-0.2, -0.15) is 0 Å². The van der Waals surface area contributed by atoms with Gasteiger partial charge in [0.25, 0.3) is 0 Å². The van der Waals surface area contributed by atoms with Gasteiger partial charge in [0.05, 0.1) is 6.42 Å². The van der Waals surface area contributed by atoms with Gasteiger partial charge < -0.3 is 14.9 Å². The second-order valence-electron chi connectivity index (χ2n) is 6.56. The van der Waals surface area contributed by atoms with E-state index in [2.05, 4.69) is 4.90 Å². The van der Waals surface area contributed by atoms with Crippen molar-refractivity contribution in [1.29, 1.82) is 0 Å². The summed E-state index contributed by atoms with van der Waals surface area (Å²) in [4.78, 5) is 27.2. The standard InChI is InChI=1S/C14H26N2O3/c1-14(2,9-13(18)19)8-12(17)16-7-5-6-11(16)10-15(3)4/h11H,5-10H2,1-4H3,(H,18,19). The first-order chi connectivity index (χ1) is 8.71. The summed E-state index contributed by atoms with van der Waals surface area (Å²) in [5, 5.41) is 8.87. The summed E-state index contributed by atoms with van der Waals surface area (Å²) in [5.41, 5.74) is -0.478. The lowest BCUT2D eigenvalue weighted by Crippen LogP contribution is -2.42. The number of carboxylic acids is 1. The van der Waals surface area contributed by atoms with E-state index in [1.807, 2.05) is 32.8 Å². The van der Waals surface area contributed by atoms with E-state index in [-0.39, 0.29) is 18.4 Å². The van der Waals surface area contributed by atoms with E-state index >= 15 is 0 Å². The number of amides is 1. The number of carboxylic acid groups (broad SMARTS) is 1. The molecule has 0 saturated carbocycles. The molecule has 19 heavy (non-hydrogen) atoms. The molecule has 1 fully saturated rings. The molecule has 1 amide bonds. The van der Waals surface area contributed by atoms with Crippen molar-refractivity contribution < 1.29 is 14.7 Å². The van der Waals surface area contributed by atoms with Crippen LogP contribution in [0.1, 0.15) is 39.5 Å². The van der Waals surface area contributed by atoms with Gasteiger partial charge in [0.1, 0.15) is 0 Å². The van der Waals surface area contributed by atoms with E-state index in [1.54, 1.807) is 0 Å². The number of nitrogens with zero attached hydrogens (tertiary/aromatic N) is 2. The quantitative estimate of drug-likeness (QED) is 0.793. The lowest BCUT2D eigenvalue weighted by atomic mass is 9.85. The van der Waals surface area contributed by atoms with Gasteiger partial charge in [-0.05, 0) is 32.4 Å². The maximum Gasteiger partial charge on any atom is 0.303 e. The Labute approximate surface area is 115 Å². The highest BCUT2D eigenvalue weighted by molar-refractivity contribution is 5.78. The Morgan fingerprint density at radius 2 is 1.95 bits per heavy atom. The minimum absolute atomic E-state index is 0.0327. The Hall–Kier alpha value is -1.10. The van der Waals surface area contributed by atoms with Crippen LogP contribution < -0.4 is 0 Å². The first-order valence-corrected chi connectivity index (χ1v) is 6.87. The minimum atomic E-state index is -0.843. The van der Waals surface area contributed by atoms with E-state index in [4.69, 9.17) is 5.11 Å². The summed E-state index contributed by atoms with van der Waals surface area (Å²) in [7, 11) is 4.02. The number of rotatable bonds is 6. The van der Waals surface area contributed by atoms with Crippen molar-refractivity contribution in [3.8, 4) is 0 Å². The maximum absolute atomic E-state index is 12.3. The number of likely N-dealkylation sites (tertiary alicyclic amines) is 1. The molecular formula is C14H26N2O3. The molecule has 0 radical (unpaired) electrons. The molecule has 0 aromatic heterocycles. The first-order valence-electron chi connectivity index (χ1n) is 6.87. The fourth-order valence-corrected chi connectivity index (χ4v) is 2.76. The van der Waals surface area contributed by atoms with E-state index in [0.717, 1.165) is 25.9 Å². The number of hydrogen-bond acceptors (Lipinski definition) is 3. The zero-order valence-electron chi connectivity index (χ0n) is 12.5. The summed E-state index contributed by atoms with van der Waals surface area (Å²) in [6.45, 7) is 5.37. The molecule has 1 aliphatic rings. The summed E-state index contributed by atoms with van der Waals surface area (Å²) >= 11 is 0. The highest BCUT2D eigenvalue weighted by atomic mass is 16.4.